The van der Waals surface area contributed by atoms with Crippen LogP contribution < -0.4 is 10.4 Å². The van der Waals surface area contributed by atoms with E-state index in [0.717, 1.165) is 20.3 Å². The van der Waals surface area contributed by atoms with Gasteiger partial charge in [0.15, 0.2) is 0 Å². The van der Waals surface area contributed by atoms with Gasteiger partial charge in [-0.3, -0.25) is 9.69 Å². The van der Waals surface area contributed by atoms with Gasteiger partial charge in [0.2, 0.25) is 0 Å². The van der Waals surface area contributed by atoms with Crippen LogP contribution in [0.25, 0.3) is 0 Å². The molecule has 7 heteroatoms. The van der Waals surface area contributed by atoms with E-state index in [1.807, 2.05) is 6.07 Å². The average molecular weight is 338 g/mol. The summed E-state index contributed by atoms with van der Waals surface area (Å²) in [7, 11) is 0.935. The van der Waals surface area contributed by atoms with Gasteiger partial charge >= 0.3 is 7.48 Å². The number of carbonyl (C=O) groups excluding carboxylic acids is 1. The average Bonchev–Trinajstić information content (AvgIpc) is 3.07. The zero-order chi connectivity index (χ0) is 17.8. The van der Waals surface area contributed by atoms with Crippen molar-refractivity contribution in [2.24, 2.45) is 5.41 Å². The van der Waals surface area contributed by atoms with E-state index in [1.165, 1.54) is 11.3 Å². The van der Waals surface area contributed by atoms with Crippen molar-refractivity contribution < 1.29 is 14.9 Å². The minimum absolute atomic E-state index is 0.101. The second-order valence-corrected chi connectivity index (χ2v) is 7.62. The predicted octanol–water partition coefficient (Wildman–Crippen LogP) is 0.397. The Hall–Kier alpha value is -2.12. The maximum atomic E-state index is 13.1. The number of hydrogen-bond acceptors (Lipinski definition) is 4. The lowest BCUT2D eigenvalue weighted by Crippen LogP contribution is -2.42. The number of rotatable bonds is 3. The summed E-state index contributed by atoms with van der Waals surface area (Å²) in [6.45, 7) is 5.44. The fourth-order valence-electron chi connectivity index (χ4n) is 4.12. The lowest BCUT2D eigenvalue weighted by molar-refractivity contribution is 0.0962. The molecule has 2 aromatic rings. The van der Waals surface area contributed by atoms with Crippen molar-refractivity contribution in [3.63, 3.8) is 0 Å². The van der Waals surface area contributed by atoms with Crippen LogP contribution in [-0.4, -0.2) is 39.6 Å². The van der Waals surface area contributed by atoms with Crippen LogP contribution in [0.1, 0.15) is 41.2 Å². The molecule has 2 N–H and O–H groups in total. The smallest absolute Gasteiger partial charge is 0.327 e. The first-order chi connectivity index (χ1) is 11.9. The summed E-state index contributed by atoms with van der Waals surface area (Å²) >= 11 is 0. The number of hydrogen-bond donors (Lipinski definition) is 2. The summed E-state index contributed by atoms with van der Waals surface area (Å²) in [5.74, 6) is 0.319. The number of nitrogens with zero attached hydrogens (tertiary/aromatic N) is 3. The Balaban J connectivity index is 1.73. The third kappa shape index (κ3) is 2.50. The van der Waals surface area contributed by atoms with Gasteiger partial charge in [0.05, 0.1) is 6.61 Å². The molecule has 2 aliphatic rings. The molecule has 0 unspecified atom stereocenters. The molecule has 0 bridgehead atoms. The molecule has 1 amide bonds. The molecule has 2 aromatic heterocycles. The topological polar surface area (TPSA) is 78.6 Å². The van der Waals surface area contributed by atoms with Crippen molar-refractivity contribution in [1.82, 2.24) is 9.55 Å². The van der Waals surface area contributed by atoms with Crippen LogP contribution in [0.5, 0.6) is 0 Å². The molecule has 0 saturated carbocycles. The Labute approximate surface area is 147 Å². The van der Waals surface area contributed by atoms with Crippen LogP contribution in [0.2, 0.25) is 0 Å². The number of pyridine rings is 1. The van der Waals surface area contributed by atoms with E-state index in [1.54, 1.807) is 17.2 Å². The van der Waals surface area contributed by atoms with Crippen molar-refractivity contribution in [2.45, 2.75) is 39.8 Å². The quantitative estimate of drug-likeness (QED) is 0.794. The largest absolute Gasteiger partial charge is 0.450 e. The highest BCUT2D eigenvalue weighted by Gasteiger charge is 2.37. The first-order valence-electron chi connectivity index (χ1n) is 8.54. The number of amides is 1. The molecule has 0 aromatic carbocycles. The third-order valence-electron chi connectivity index (χ3n) is 5.25. The first kappa shape index (κ1) is 16.4. The van der Waals surface area contributed by atoms with Gasteiger partial charge in [-0.25, -0.2) is 4.98 Å². The van der Waals surface area contributed by atoms with Crippen LogP contribution >= 0.6 is 0 Å². The molecule has 0 spiro atoms. The highest BCUT2D eigenvalue weighted by Crippen LogP contribution is 2.39. The van der Waals surface area contributed by atoms with E-state index in [2.05, 4.69) is 23.4 Å². The maximum Gasteiger partial charge on any atom is 0.327 e. The highest BCUT2D eigenvalue weighted by atomic mass is 16.3. The second-order valence-electron chi connectivity index (χ2n) is 7.62. The Kier molecular flexibility index (Phi) is 3.74. The normalized spacial score (nSPS) is 18.2. The molecule has 25 heavy (non-hydrogen) atoms. The molecule has 0 atom stereocenters. The molecule has 1 aliphatic heterocycles. The van der Waals surface area contributed by atoms with E-state index >= 15 is 0 Å². The van der Waals surface area contributed by atoms with Gasteiger partial charge in [-0.15, -0.1) is 0 Å². The molecule has 0 saturated heterocycles. The number of aliphatic hydroxyl groups is 1. The van der Waals surface area contributed by atoms with Gasteiger partial charge in [-0.2, -0.15) is 0 Å². The summed E-state index contributed by atoms with van der Waals surface area (Å²) in [5, 5.41) is 19.0. The monoisotopic (exact) mass is 338 g/mol. The minimum Gasteiger partial charge on any atom is -0.450 e. The Morgan fingerprint density at radius 3 is 2.84 bits per heavy atom. The summed E-state index contributed by atoms with van der Waals surface area (Å²) in [4.78, 5) is 19.0. The van der Waals surface area contributed by atoms with Gasteiger partial charge in [0.1, 0.15) is 11.5 Å². The van der Waals surface area contributed by atoms with Crippen LogP contribution in [0, 0.1) is 5.41 Å². The van der Waals surface area contributed by atoms with Crippen molar-refractivity contribution in [2.75, 3.05) is 11.4 Å². The van der Waals surface area contributed by atoms with Gasteiger partial charge in [-0.05, 0) is 41.4 Å². The standard InChI is InChI=1S/C18H21BN3O3/c1-18(2)8-11-7-14-17(24)22(6-5-21(14)15(11)9-18)16-12(10-23)13(19-25)3-4-20-16/h3-4,7,23,25H,5-6,8-10H2,1-2H3. The highest BCUT2D eigenvalue weighted by molar-refractivity contribution is 6.46. The summed E-state index contributed by atoms with van der Waals surface area (Å²) in [5.41, 5.74) is 4.43. The van der Waals surface area contributed by atoms with Crippen molar-refractivity contribution in [3.05, 3.63) is 40.8 Å². The molecule has 1 radical (unpaired) electrons. The molecule has 4 rings (SSSR count). The van der Waals surface area contributed by atoms with Crippen molar-refractivity contribution in [1.29, 1.82) is 0 Å². The van der Waals surface area contributed by atoms with E-state index < -0.39 is 0 Å². The zero-order valence-corrected chi connectivity index (χ0v) is 14.5. The summed E-state index contributed by atoms with van der Waals surface area (Å²) in [6.07, 6.45) is 3.52. The van der Waals surface area contributed by atoms with Crippen LogP contribution in [-0.2, 0) is 26.0 Å². The van der Waals surface area contributed by atoms with E-state index in [-0.39, 0.29) is 17.9 Å². The minimum atomic E-state index is -0.287. The first-order valence-corrected chi connectivity index (χ1v) is 8.54. The molecule has 0 fully saturated rings. The number of anilines is 1. The Bertz CT molecular complexity index is 859. The lowest BCUT2D eigenvalue weighted by atomic mass is 9.85. The predicted molar refractivity (Wildman–Crippen MR) is 95.1 cm³/mol. The Morgan fingerprint density at radius 2 is 2.12 bits per heavy atom. The summed E-state index contributed by atoms with van der Waals surface area (Å²) in [6, 6.07) is 3.63. The van der Waals surface area contributed by atoms with Gasteiger partial charge in [0, 0.05) is 30.5 Å². The molecule has 3 heterocycles. The molecule has 129 valence electrons. The number of carbonyl (C=O) groups is 1. The number of aliphatic hydroxyl groups excluding tert-OH is 1. The van der Waals surface area contributed by atoms with Crippen LogP contribution in [0.15, 0.2) is 18.3 Å². The van der Waals surface area contributed by atoms with E-state index in [4.69, 9.17) is 0 Å². The van der Waals surface area contributed by atoms with E-state index in [9.17, 15) is 14.9 Å². The van der Waals surface area contributed by atoms with E-state index in [0.29, 0.717) is 35.6 Å². The summed E-state index contributed by atoms with van der Waals surface area (Å²) < 4.78 is 2.14. The molecular weight excluding hydrogens is 317 g/mol. The van der Waals surface area contributed by atoms with Crippen LogP contribution in [0.3, 0.4) is 0 Å². The van der Waals surface area contributed by atoms with Gasteiger partial charge < -0.3 is 14.7 Å². The maximum absolute atomic E-state index is 13.1. The van der Waals surface area contributed by atoms with Crippen molar-refractivity contribution >= 4 is 24.7 Å². The fourth-order valence-corrected chi connectivity index (χ4v) is 4.12. The Morgan fingerprint density at radius 1 is 1.32 bits per heavy atom. The number of aromatic nitrogens is 2. The SMILES string of the molecule is CC1(C)Cc2cc3n(c2C1)CCN(c1nccc([B]O)c1CO)C3=O. The zero-order valence-electron chi connectivity index (χ0n) is 14.5. The fraction of sp³-hybridized carbons (Fsp3) is 0.444. The lowest BCUT2D eigenvalue weighted by Gasteiger charge is -2.30. The molecule has 1 aliphatic carbocycles. The van der Waals surface area contributed by atoms with Crippen LogP contribution in [0.4, 0.5) is 5.82 Å². The third-order valence-corrected chi connectivity index (χ3v) is 5.25. The number of fused-ring (bicyclic) bond motifs is 3. The molecular formula is C18H21BN3O3. The van der Waals surface area contributed by atoms with Crippen molar-refractivity contribution in [3.8, 4) is 0 Å². The van der Waals surface area contributed by atoms with Gasteiger partial charge in [-0.1, -0.05) is 13.8 Å². The molecule has 6 nitrogen and oxygen atoms in total. The second kappa shape index (κ2) is 5.71. The van der Waals surface area contributed by atoms with Gasteiger partial charge in [0.25, 0.3) is 5.91 Å².